The summed E-state index contributed by atoms with van der Waals surface area (Å²) in [4.78, 5) is 26.4. The molecule has 0 atom stereocenters. The second-order valence-corrected chi connectivity index (χ2v) is 4.04. The van der Waals surface area contributed by atoms with Crippen LogP contribution in [0.2, 0.25) is 0 Å². The van der Waals surface area contributed by atoms with Crippen molar-refractivity contribution < 1.29 is 4.79 Å². The molecule has 0 saturated heterocycles. The van der Waals surface area contributed by atoms with Crippen molar-refractivity contribution in [3.8, 4) is 11.5 Å². The lowest BCUT2D eigenvalue weighted by atomic mass is 10.4. The van der Waals surface area contributed by atoms with Crippen molar-refractivity contribution in [2.45, 2.75) is 20.4 Å². The zero-order chi connectivity index (χ0) is 13.7. The van der Waals surface area contributed by atoms with E-state index in [-0.39, 0.29) is 12.5 Å². The van der Waals surface area contributed by atoms with E-state index in [4.69, 9.17) is 0 Å². The molecule has 0 N–H and O–H groups in total. The number of carbonyl (C=O) groups is 1. The number of hydrogen-bond acceptors (Lipinski definition) is 4. The number of hydrogen-bond donors (Lipinski definition) is 0. The monoisotopic (exact) mass is 259 g/mol. The fourth-order valence-electron chi connectivity index (χ4n) is 1.91. The van der Waals surface area contributed by atoms with Gasteiger partial charge in [0.05, 0.1) is 6.20 Å². The average molecular weight is 259 g/mol. The standard InChI is InChI=1S/C13H17N5O/c1-3-17(4-2)12(19)10-18-8-7-16-13(18)11-9-14-5-6-15-11/h5-9H,3-4,10H2,1-2H3. The predicted molar refractivity (Wildman–Crippen MR) is 71.2 cm³/mol. The molecule has 0 radical (unpaired) electrons. The summed E-state index contributed by atoms with van der Waals surface area (Å²) >= 11 is 0. The number of imidazole rings is 1. The number of rotatable bonds is 5. The molecule has 2 aromatic rings. The molecule has 0 spiro atoms. The van der Waals surface area contributed by atoms with Crippen LogP contribution in [0.15, 0.2) is 31.0 Å². The van der Waals surface area contributed by atoms with E-state index in [0.717, 1.165) is 0 Å². The van der Waals surface area contributed by atoms with Crippen molar-refractivity contribution in [3.05, 3.63) is 31.0 Å². The Hall–Kier alpha value is -2.24. The molecule has 0 aliphatic rings. The fourth-order valence-corrected chi connectivity index (χ4v) is 1.91. The van der Waals surface area contributed by atoms with Gasteiger partial charge < -0.3 is 9.47 Å². The van der Waals surface area contributed by atoms with Gasteiger partial charge in [-0.3, -0.25) is 9.78 Å². The van der Waals surface area contributed by atoms with Gasteiger partial charge in [0.15, 0.2) is 5.82 Å². The third-order valence-corrected chi connectivity index (χ3v) is 2.93. The predicted octanol–water partition coefficient (Wildman–Crippen LogP) is 1.21. The van der Waals surface area contributed by atoms with Crippen LogP contribution in [-0.2, 0) is 11.3 Å². The zero-order valence-electron chi connectivity index (χ0n) is 11.2. The quantitative estimate of drug-likeness (QED) is 0.809. The minimum absolute atomic E-state index is 0.0770. The van der Waals surface area contributed by atoms with Crippen LogP contribution in [0.25, 0.3) is 11.5 Å². The minimum Gasteiger partial charge on any atom is -0.342 e. The molecule has 0 aliphatic carbocycles. The molecule has 0 fully saturated rings. The first-order chi connectivity index (χ1) is 9.26. The SMILES string of the molecule is CCN(CC)C(=O)Cn1ccnc1-c1cnccn1. The number of nitrogens with zero attached hydrogens (tertiary/aromatic N) is 5. The summed E-state index contributed by atoms with van der Waals surface area (Å²) in [7, 11) is 0. The molecular weight excluding hydrogens is 242 g/mol. The molecule has 100 valence electrons. The van der Waals surface area contributed by atoms with E-state index in [1.165, 1.54) is 0 Å². The van der Waals surface area contributed by atoms with Gasteiger partial charge in [0.25, 0.3) is 0 Å². The number of aromatic nitrogens is 4. The molecule has 0 saturated carbocycles. The highest BCUT2D eigenvalue weighted by Gasteiger charge is 2.14. The summed E-state index contributed by atoms with van der Waals surface area (Å²) in [5.74, 6) is 0.738. The summed E-state index contributed by atoms with van der Waals surface area (Å²) < 4.78 is 1.80. The summed E-state index contributed by atoms with van der Waals surface area (Å²) in [6.45, 7) is 5.64. The molecule has 0 bridgehead atoms. The van der Waals surface area contributed by atoms with Gasteiger partial charge in [0.1, 0.15) is 12.2 Å². The molecule has 19 heavy (non-hydrogen) atoms. The van der Waals surface area contributed by atoms with E-state index >= 15 is 0 Å². The van der Waals surface area contributed by atoms with E-state index < -0.39 is 0 Å². The number of likely N-dealkylation sites (N-methyl/N-ethyl adjacent to an activating group) is 1. The Kier molecular flexibility index (Phi) is 4.22. The minimum atomic E-state index is 0.0770. The highest BCUT2D eigenvalue weighted by Crippen LogP contribution is 2.13. The molecule has 0 unspecified atom stereocenters. The zero-order valence-corrected chi connectivity index (χ0v) is 11.2. The highest BCUT2D eigenvalue weighted by molar-refractivity contribution is 5.76. The Labute approximate surface area is 112 Å². The molecular formula is C13H17N5O. The third-order valence-electron chi connectivity index (χ3n) is 2.93. The van der Waals surface area contributed by atoms with Gasteiger partial charge in [-0.1, -0.05) is 0 Å². The maximum atomic E-state index is 12.1. The molecule has 6 nitrogen and oxygen atoms in total. The van der Waals surface area contributed by atoms with Gasteiger partial charge in [-0.25, -0.2) is 9.97 Å². The van der Waals surface area contributed by atoms with Gasteiger partial charge >= 0.3 is 0 Å². The first kappa shape index (κ1) is 13.2. The van der Waals surface area contributed by atoms with Crippen LogP contribution in [0.1, 0.15) is 13.8 Å². The van der Waals surface area contributed by atoms with Crippen molar-refractivity contribution in [3.63, 3.8) is 0 Å². The summed E-state index contributed by atoms with van der Waals surface area (Å²) in [6.07, 6.45) is 8.31. The third kappa shape index (κ3) is 2.96. The lowest BCUT2D eigenvalue weighted by Crippen LogP contribution is -2.33. The van der Waals surface area contributed by atoms with E-state index in [0.29, 0.717) is 24.6 Å². The number of carbonyl (C=O) groups excluding carboxylic acids is 1. The molecule has 2 rings (SSSR count). The lowest BCUT2D eigenvalue weighted by molar-refractivity contribution is -0.131. The Balaban J connectivity index is 2.19. The molecule has 2 heterocycles. The maximum absolute atomic E-state index is 12.1. The molecule has 0 aliphatic heterocycles. The van der Waals surface area contributed by atoms with Crippen LogP contribution < -0.4 is 0 Å². The van der Waals surface area contributed by atoms with Gasteiger partial charge in [0, 0.05) is 37.9 Å². The molecule has 1 amide bonds. The second-order valence-electron chi connectivity index (χ2n) is 4.04. The highest BCUT2D eigenvalue weighted by atomic mass is 16.2. The Morgan fingerprint density at radius 1 is 1.21 bits per heavy atom. The molecule has 6 heteroatoms. The van der Waals surface area contributed by atoms with Crippen LogP contribution in [0, 0.1) is 0 Å². The first-order valence-corrected chi connectivity index (χ1v) is 6.31. The van der Waals surface area contributed by atoms with Crippen molar-refractivity contribution >= 4 is 5.91 Å². The van der Waals surface area contributed by atoms with E-state index in [1.807, 2.05) is 13.8 Å². The van der Waals surface area contributed by atoms with Crippen LogP contribution >= 0.6 is 0 Å². The summed E-state index contributed by atoms with van der Waals surface area (Å²) in [6, 6.07) is 0. The Morgan fingerprint density at radius 3 is 2.63 bits per heavy atom. The van der Waals surface area contributed by atoms with Crippen LogP contribution in [0.4, 0.5) is 0 Å². The van der Waals surface area contributed by atoms with E-state index in [9.17, 15) is 4.79 Å². The summed E-state index contributed by atoms with van der Waals surface area (Å²) in [5.41, 5.74) is 0.667. The van der Waals surface area contributed by atoms with Gasteiger partial charge in [-0.2, -0.15) is 0 Å². The first-order valence-electron chi connectivity index (χ1n) is 6.31. The Morgan fingerprint density at radius 2 is 2.00 bits per heavy atom. The fraction of sp³-hybridized carbons (Fsp3) is 0.385. The topological polar surface area (TPSA) is 63.9 Å². The van der Waals surface area contributed by atoms with Crippen molar-refractivity contribution in [2.24, 2.45) is 0 Å². The van der Waals surface area contributed by atoms with Gasteiger partial charge in [0.2, 0.25) is 5.91 Å². The van der Waals surface area contributed by atoms with Crippen LogP contribution in [0.5, 0.6) is 0 Å². The average Bonchev–Trinajstić information content (AvgIpc) is 2.89. The summed E-state index contributed by atoms with van der Waals surface area (Å²) in [5, 5.41) is 0. The maximum Gasteiger partial charge on any atom is 0.242 e. The molecule has 0 aromatic carbocycles. The second kappa shape index (κ2) is 6.08. The van der Waals surface area contributed by atoms with Crippen molar-refractivity contribution in [1.82, 2.24) is 24.4 Å². The number of amides is 1. The van der Waals surface area contributed by atoms with Crippen LogP contribution in [0.3, 0.4) is 0 Å². The lowest BCUT2D eigenvalue weighted by Gasteiger charge is -2.19. The van der Waals surface area contributed by atoms with Crippen molar-refractivity contribution in [2.75, 3.05) is 13.1 Å². The van der Waals surface area contributed by atoms with E-state index in [1.54, 1.807) is 40.5 Å². The largest absolute Gasteiger partial charge is 0.342 e. The van der Waals surface area contributed by atoms with Crippen molar-refractivity contribution in [1.29, 1.82) is 0 Å². The molecule has 2 aromatic heterocycles. The van der Waals surface area contributed by atoms with Gasteiger partial charge in [-0.05, 0) is 13.8 Å². The van der Waals surface area contributed by atoms with E-state index in [2.05, 4.69) is 15.0 Å². The normalized spacial score (nSPS) is 10.4. The van der Waals surface area contributed by atoms with Gasteiger partial charge in [-0.15, -0.1) is 0 Å². The van der Waals surface area contributed by atoms with Crippen LogP contribution in [-0.4, -0.2) is 43.4 Å². The smallest absolute Gasteiger partial charge is 0.242 e. The Bertz CT molecular complexity index is 533.